The average Bonchev–Trinajstić information content (AvgIpc) is 3.27. The molecule has 24 heavy (non-hydrogen) atoms. The molecule has 0 bridgehead atoms. The number of hydrogen-bond donors (Lipinski definition) is 0. The Bertz CT molecular complexity index is 832. The Morgan fingerprint density at radius 2 is 1.79 bits per heavy atom. The number of benzene rings is 1. The fourth-order valence-electron chi connectivity index (χ4n) is 3.37. The quantitative estimate of drug-likeness (QED) is 0.845. The van der Waals surface area contributed by atoms with Gasteiger partial charge in [-0.3, -0.25) is 0 Å². The van der Waals surface area contributed by atoms with Crippen molar-refractivity contribution in [3.05, 3.63) is 35.7 Å². The molecule has 1 aliphatic heterocycles. The molecule has 1 aliphatic carbocycles. The minimum Gasteiger partial charge on any atom is -0.381 e. The zero-order chi connectivity index (χ0) is 16.8. The van der Waals surface area contributed by atoms with Crippen molar-refractivity contribution in [2.45, 2.75) is 36.3 Å². The number of rotatable bonds is 4. The lowest BCUT2D eigenvalue weighted by Gasteiger charge is -2.17. The van der Waals surface area contributed by atoms with Crippen molar-refractivity contribution in [2.24, 2.45) is 0 Å². The maximum atomic E-state index is 12.0. The van der Waals surface area contributed by atoms with Gasteiger partial charge in [-0.2, -0.15) is 4.98 Å². The van der Waals surface area contributed by atoms with Gasteiger partial charge in [0.2, 0.25) is 11.7 Å². The zero-order valence-electron chi connectivity index (χ0n) is 13.6. The predicted molar refractivity (Wildman–Crippen MR) is 88.3 cm³/mol. The van der Waals surface area contributed by atoms with Crippen molar-refractivity contribution in [1.29, 1.82) is 0 Å². The zero-order valence-corrected chi connectivity index (χ0v) is 14.4. The SMILES string of the molecule is CS(=O)(=O)C1(c2ccc(-c3noc(C4CCOCC4)n3)cc2)CC1. The Hall–Kier alpha value is -1.73. The molecule has 7 heteroatoms. The average molecular weight is 348 g/mol. The summed E-state index contributed by atoms with van der Waals surface area (Å²) in [6.45, 7) is 1.45. The van der Waals surface area contributed by atoms with Gasteiger partial charge < -0.3 is 9.26 Å². The van der Waals surface area contributed by atoms with Gasteiger partial charge in [-0.25, -0.2) is 8.42 Å². The van der Waals surface area contributed by atoms with E-state index in [1.807, 2.05) is 24.3 Å². The van der Waals surface area contributed by atoms with Crippen molar-refractivity contribution in [3.8, 4) is 11.4 Å². The molecule has 0 spiro atoms. The highest BCUT2D eigenvalue weighted by Crippen LogP contribution is 2.52. The highest BCUT2D eigenvalue weighted by Gasteiger charge is 2.53. The van der Waals surface area contributed by atoms with E-state index < -0.39 is 14.6 Å². The molecule has 0 atom stereocenters. The fourth-order valence-corrected chi connectivity index (χ4v) is 4.78. The van der Waals surface area contributed by atoms with Crippen molar-refractivity contribution in [3.63, 3.8) is 0 Å². The summed E-state index contributed by atoms with van der Waals surface area (Å²) in [6, 6.07) is 7.49. The van der Waals surface area contributed by atoms with Crippen molar-refractivity contribution < 1.29 is 17.7 Å². The highest BCUT2D eigenvalue weighted by molar-refractivity contribution is 7.92. The topological polar surface area (TPSA) is 82.3 Å². The van der Waals surface area contributed by atoms with Gasteiger partial charge in [0.1, 0.15) is 0 Å². The first kappa shape index (κ1) is 15.8. The fraction of sp³-hybridized carbons (Fsp3) is 0.529. The summed E-state index contributed by atoms with van der Waals surface area (Å²) in [5, 5.41) is 4.07. The largest absolute Gasteiger partial charge is 0.381 e. The van der Waals surface area contributed by atoms with Gasteiger partial charge in [0.15, 0.2) is 9.84 Å². The third kappa shape index (κ3) is 2.65. The molecule has 128 valence electrons. The molecule has 1 saturated heterocycles. The third-order valence-electron chi connectivity index (χ3n) is 5.10. The van der Waals surface area contributed by atoms with Crippen LogP contribution in [0.1, 0.15) is 43.1 Å². The minimum atomic E-state index is -3.09. The molecule has 0 radical (unpaired) electrons. The van der Waals surface area contributed by atoms with E-state index in [1.165, 1.54) is 6.26 Å². The molecule has 1 aromatic heterocycles. The van der Waals surface area contributed by atoms with E-state index >= 15 is 0 Å². The maximum Gasteiger partial charge on any atom is 0.230 e. The molecule has 2 fully saturated rings. The van der Waals surface area contributed by atoms with Gasteiger partial charge >= 0.3 is 0 Å². The maximum absolute atomic E-state index is 12.0. The van der Waals surface area contributed by atoms with E-state index in [0.29, 0.717) is 24.6 Å². The van der Waals surface area contributed by atoms with Gasteiger partial charge in [0.05, 0.1) is 4.75 Å². The molecule has 2 aromatic rings. The monoisotopic (exact) mass is 348 g/mol. The molecular weight excluding hydrogens is 328 g/mol. The van der Waals surface area contributed by atoms with Crippen LogP contribution in [-0.4, -0.2) is 38.0 Å². The number of sulfone groups is 1. The van der Waals surface area contributed by atoms with E-state index in [9.17, 15) is 8.42 Å². The van der Waals surface area contributed by atoms with Gasteiger partial charge in [0, 0.05) is 31.0 Å². The second-order valence-corrected chi connectivity index (χ2v) is 9.01. The molecule has 4 rings (SSSR count). The first-order valence-corrected chi connectivity index (χ1v) is 10.1. The standard InChI is InChI=1S/C17H20N2O4S/c1-24(20,21)17(8-9-17)14-4-2-12(3-5-14)15-18-16(23-19-15)13-6-10-22-11-7-13/h2-5,13H,6-11H2,1H3. The summed E-state index contributed by atoms with van der Waals surface area (Å²) in [5.41, 5.74) is 1.69. The smallest absolute Gasteiger partial charge is 0.230 e. The molecule has 1 saturated carbocycles. The first-order valence-electron chi connectivity index (χ1n) is 8.21. The highest BCUT2D eigenvalue weighted by atomic mass is 32.2. The Balaban J connectivity index is 1.57. The minimum absolute atomic E-state index is 0.263. The van der Waals surface area contributed by atoms with Crippen LogP contribution in [0.3, 0.4) is 0 Å². The normalized spacial score (nSPS) is 20.9. The Kier molecular flexibility index (Phi) is 3.73. The summed E-state index contributed by atoms with van der Waals surface area (Å²) >= 11 is 0. The lowest BCUT2D eigenvalue weighted by atomic mass is 10.0. The second kappa shape index (κ2) is 5.67. The summed E-state index contributed by atoms with van der Waals surface area (Å²) in [6.07, 6.45) is 4.50. The number of hydrogen-bond acceptors (Lipinski definition) is 6. The summed E-state index contributed by atoms with van der Waals surface area (Å²) in [4.78, 5) is 4.51. The number of ether oxygens (including phenoxy) is 1. The summed E-state index contributed by atoms with van der Waals surface area (Å²) < 4.78 is 34.1. The lowest BCUT2D eigenvalue weighted by molar-refractivity contribution is 0.0778. The summed E-state index contributed by atoms with van der Waals surface area (Å²) in [5.74, 6) is 1.47. The van der Waals surface area contributed by atoms with Crippen LogP contribution in [0.15, 0.2) is 28.8 Å². The van der Waals surface area contributed by atoms with Crippen LogP contribution in [0.25, 0.3) is 11.4 Å². The van der Waals surface area contributed by atoms with E-state index in [-0.39, 0.29) is 5.92 Å². The molecule has 1 aromatic carbocycles. The van der Waals surface area contributed by atoms with Gasteiger partial charge in [-0.05, 0) is 31.2 Å². The van der Waals surface area contributed by atoms with Crippen LogP contribution in [-0.2, 0) is 19.3 Å². The van der Waals surface area contributed by atoms with Crippen LogP contribution in [0.4, 0.5) is 0 Å². The second-order valence-electron chi connectivity index (χ2n) is 6.69. The van der Waals surface area contributed by atoms with Gasteiger partial charge in [-0.1, -0.05) is 29.4 Å². The molecule has 0 amide bonds. The van der Waals surface area contributed by atoms with E-state index in [0.717, 1.165) is 37.2 Å². The first-order chi connectivity index (χ1) is 11.5. The lowest BCUT2D eigenvalue weighted by Crippen LogP contribution is -2.19. The molecule has 2 heterocycles. The third-order valence-corrected chi connectivity index (χ3v) is 7.16. The molecular formula is C17H20N2O4S. The Morgan fingerprint density at radius 1 is 1.12 bits per heavy atom. The van der Waals surface area contributed by atoms with E-state index in [4.69, 9.17) is 9.26 Å². The van der Waals surface area contributed by atoms with Crippen LogP contribution < -0.4 is 0 Å². The number of nitrogens with zero attached hydrogens (tertiary/aromatic N) is 2. The van der Waals surface area contributed by atoms with Crippen LogP contribution in [0.5, 0.6) is 0 Å². The Morgan fingerprint density at radius 3 is 2.38 bits per heavy atom. The molecule has 6 nitrogen and oxygen atoms in total. The van der Waals surface area contributed by atoms with Gasteiger partial charge in [0.25, 0.3) is 0 Å². The molecule has 0 unspecified atom stereocenters. The summed E-state index contributed by atoms with van der Waals surface area (Å²) in [7, 11) is -3.09. The molecule has 2 aliphatic rings. The van der Waals surface area contributed by atoms with Crippen LogP contribution in [0, 0.1) is 0 Å². The van der Waals surface area contributed by atoms with Crippen molar-refractivity contribution in [2.75, 3.05) is 19.5 Å². The molecule has 0 N–H and O–H groups in total. The van der Waals surface area contributed by atoms with Crippen molar-refractivity contribution >= 4 is 9.84 Å². The van der Waals surface area contributed by atoms with Gasteiger partial charge in [-0.15, -0.1) is 0 Å². The van der Waals surface area contributed by atoms with Crippen LogP contribution >= 0.6 is 0 Å². The predicted octanol–water partition coefficient (Wildman–Crippen LogP) is 2.66. The van der Waals surface area contributed by atoms with E-state index in [1.54, 1.807) is 0 Å². The Labute approximate surface area is 141 Å². The van der Waals surface area contributed by atoms with Crippen LogP contribution in [0.2, 0.25) is 0 Å². The number of aromatic nitrogens is 2. The van der Waals surface area contributed by atoms with E-state index in [2.05, 4.69) is 10.1 Å². The van der Waals surface area contributed by atoms with Crippen molar-refractivity contribution in [1.82, 2.24) is 10.1 Å².